The fraction of sp³-hybridized carbons (Fsp3) is 0.167. The maximum atomic E-state index is 13.1. The monoisotopic (exact) mass is 386 g/mol. The number of hydrogen-bond acceptors (Lipinski definition) is 3. The van der Waals surface area contributed by atoms with E-state index in [-0.39, 0.29) is 11.9 Å². The summed E-state index contributed by atoms with van der Waals surface area (Å²) in [5.41, 5.74) is 3.36. The van der Waals surface area contributed by atoms with Crippen LogP contribution in [0, 0.1) is 0 Å². The van der Waals surface area contributed by atoms with Crippen LogP contribution in [0.15, 0.2) is 83.4 Å². The van der Waals surface area contributed by atoms with Gasteiger partial charge in [-0.05, 0) is 23.8 Å². The lowest BCUT2D eigenvalue weighted by Crippen LogP contribution is -3.06. The number of carbonyl (C=O) groups is 1. The smallest absolute Gasteiger partial charge is 0.251 e. The van der Waals surface area contributed by atoms with Crippen molar-refractivity contribution in [3.8, 4) is 11.3 Å². The Kier molecular flexibility index (Phi) is 5.40. The number of rotatable bonds is 6. The molecule has 146 valence electrons. The van der Waals surface area contributed by atoms with Crippen LogP contribution < -0.4 is 10.2 Å². The molecule has 4 rings (SSSR count). The van der Waals surface area contributed by atoms with Crippen molar-refractivity contribution >= 4 is 16.8 Å². The molecule has 0 fully saturated rings. The lowest BCUT2D eigenvalue weighted by Gasteiger charge is -2.21. The number of amides is 1. The van der Waals surface area contributed by atoms with Gasteiger partial charge in [0.25, 0.3) is 5.91 Å². The van der Waals surface area contributed by atoms with E-state index in [9.17, 15) is 4.79 Å². The molecule has 1 atom stereocenters. The number of quaternary nitrogens is 1. The van der Waals surface area contributed by atoms with Gasteiger partial charge in [-0.2, -0.15) is 0 Å². The van der Waals surface area contributed by atoms with Crippen molar-refractivity contribution in [1.29, 1.82) is 0 Å². The Labute approximate surface area is 169 Å². The Morgan fingerprint density at radius 2 is 1.69 bits per heavy atom. The lowest BCUT2D eigenvalue weighted by atomic mass is 10.0. The largest absolute Gasteiger partial charge is 0.355 e. The van der Waals surface area contributed by atoms with Gasteiger partial charge in [-0.15, -0.1) is 0 Å². The van der Waals surface area contributed by atoms with Gasteiger partial charge in [-0.25, -0.2) is 0 Å². The fourth-order valence-corrected chi connectivity index (χ4v) is 3.47. The Morgan fingerprint density at radius 1 is 1.00 bits per heavy atom. The molecule has 29 heavy (non-hydrogen) atoms. The third kappa shape index (κ3) is 4.20. The zero-order chi connectivity index (χ0) is 20.2. The molecular weight excluding hydrogens is 362 g/mol. The van der Waals surface area contributed by atoms with Gasteiger partial charge in [-0.3, -0.25) is 4.79 Å². The second-order valence-electron chi connectivity index (χ2n) is 7.46. The highest BCUT2D eigenvalue weighted by Crippen LogP contribution is 2.29. The molecule has 0 radical (unpaired) electrons. The molecule has 1 amide bonds. The second kappa shape index (κ2) is 8.29. The Hall–Kier alpha value is -3.44. The summed E-state index contributed by atoms with van der Waals surface area (Å²) in [6.07, 6.45) is 0. The highest BCUT2D eigenvalue weighted by atomic mass is 16.5. The Balaban J connectivity index is 1.64. The maximum absolute atomic E-state index is 13.1. The molecule has 5 heteroatoms. The van der Waals surface area contributed by atoms with Gasteiger partial charge in [-0.1, -0.05) is 65.8 Å². The van der Waals surface area contributed by atoms with E-state index in [1.165, 1.54) is 4.90 Å². The molecule has 0 aliphatic heterocycles. The molecule has 0 unspecified atom stereocenters. The number of fused-ring (bicyclic) bond motifs is 1. The van der Waals surface area contributed by atoms with Crippen LogP contribution in [-0.2, 0) is 0 Å². The summed E-state index contributed by atoms with van der Waals surface area (Å²) in [5.74, 6) is 0.565. The average Bonchev–Trinajstić information content (AvgIpc) is 3.17. The predicted molar refractivity (Wildman–Crippen MR) is 114 cm³/mol. The minimum atomic E-state index is -0.109. The van der Waals surface area contributed by atoms with Crippen LogP contribution in [-0.4, -0.2) is 31.7 Å². The zero-order valence-electron chi connectivity index (χ0n) is 16.6. The van der Waals surface area contributed by atoms with Gasteiger partial charge < -0.3 is 14.7 Å². The van der Waals surface area contributed by atoms with Crippen LogP contribution >= 0.6 is 0 Å². The average molecular weight is 386 g/mol. The summed E-state index contributed by atoms with van der Waals surface area (Å²) in [4.78, 5) is 14.3. The Morgan fingerprint density at radius 3 is 2.38 bits per heavy atom. The summed E-state index contributed by atoms with van der Waals surface area (Å²) in [6, 6.07) is 25.3. The van der Waals surface area contributed by atoms with Crippen molar-refractivity contribution in [2.75, 3.05) is 20.6 Å². The minimum Gasteiger partial charge on any atom is -0.355 e. The first kappa shape index (κ1) is 18.9. The molecule has 0 aliphatic carbocycles. The van der Waals surface area contributed by atoms with Gasteiger partial charge in [0.2, 0.25) is 0 Å². The summed E-state index contributed by atoms with van der Waals surface area (Å²) < 4.78 is 5.55. The maximum Gasteiger partial charge on any atom is 0.251 e. The van der Waals surface area contributed by atoms with E-state index in [0.717, 1.165) is 28.6 Å². The van der Waals surface area contributed by atoms with Gasteiger partial charge >= 0.3 is 0 Å². The van der Waals surface area contributed by atoms with E-state index >= 15 is 0 Å². The topological polar surface area (TPSA) is 59.6 Å². The van der Waals surface area contributed by atoms with Crippen LogP contribution in [0.3, 0.4) is 0 Å². The van der Waals surface area contributed by atoms with Gasteiger partial charge in [0.15, 0.2) is 5.76 Å². The fourth-order valence-electron chi connectivity index (χ4n) is 3.47. The van der Waals surface area contributed by atoms with E-state index in [1.54, 1.807) is 6.07 Å². The number of aromatic nitrogens is 1. The molecule has 1 aromatic heterocycles. The van der Waals surface area contributed by atoms with Crippen molar-refractivity contribution in [3.05, 3.63) is 90.0 Å². The first-order valence-corrected chi connectivity index (χ1v) is 9.71. The van der Waals surface area contributed by atoms with Crippen LogP contribution in [0.25, 0.3) is 22.2 Å². The molecule has 0 saturated heterocycles. The Bertz CT molecular complexity index is 1100. The van der Waals surface area contributed by atoms with Crippen LogP contribution in [0.5, 0.6) is 0 Å². The van der Waals surface area contributed by atoms with Crippen LogP contribution in [0.1, 0.15) is 22.0 Å². The molecule has 0 aliphatic rings. The highest BCUT2D eigenvalue weighted by Gasteiger charge is 2.20. The van der Waals surface area contributed by atoms with Crippen LogP contribution in [0.2, 0.25) is 0 Å². The molecule has 2 N–H and O–H groups in total. The summed E-state index contributed by atoms with van der Waals surface area (Å²) in [6.45, 7) is 0.792. The molecule has 0 spiro atoms. The quantitative estimate of drug-likeness (QED) is 0.535. The third-order valence-electron chi connectivity index (χ3n) is 4.89. The highest BCUT2D eigenvalue weighted by molar-refractivity contribution is 6.01. The molecular formula is C24H24N3O2+. The van der Waals surface area contributed by atoms with E-state index in [4.69, 9.17) is 4.52 Å². The number of benzene rings is 3. The van der Waals surface area contributed by atoms with Gasteiger partial charge in [0.05, 0.1) is 19.5 Å². The van der Waals surface area contributed by atoms with Gasteiger partial charge in [0.1, 0.15) is 18.1 Å². The van der Waals surface area contributed by atoms with Crippen LogP contribution in [0.4, 0.5) is 0 Å². The van der Waals surface area contributed by atoms with Crippen molar-refractivity contribution < 1.29 is 14.2 Å². The van der Waals surface area contributed by atoms with Gasteiger partial charge in [0, 0.05) is 11.1 Å². The van der Waals surface area contributed by atoms with Crippen molar-refractivity contribution in [1.82, 2.24) is 10.5 Å². The summed E-state index contributed by atoms with van der Waals surface area (Å²) >= 11 is 0. The summed E-state index contributed by atoms with van der Waals surface area (Å²) in [7, 11) is 4.16. The molecule has 1 heterocycles. The van der Waals surface area contributed by atoms with E-state index in [0.29, 0.717) is 11.3 Å². The number of nitrogens with one attached hydrogen (secondary N) is 2. The van der Waals surface area contributed by atoms with E-state index in [2.05, 4.69) is 24.6 Å². The molecule has 5 nitrogen and oxygen atoms in total. The third-order valence-corrected chi connectivity index (χ3v) is 4.89. The number of likely N-dealkylation sites (N-methyl/N-ethyl adjacent to an activating group) is 1. The first-order valence-electron chi connectivity index (χ1n) is 9.71. The van der Waals surface area contributed by atoms with Crippen molar-refractivity contribution in [2.45, 2.75) is 6.04 Å². The van der Waals surface area contributed by atoms with E-state index < -0.39 is 0 Å². The molecule has 3 aromatic carbocycles. The van der Waals surface area contributed by atoms with E-state index in [1.807, 2.05) is 72.8 Å². The number of carbonyl (C=O) groups excluding carboxylic acids is 1. The lowest BCUT2D eigenvalue weighted by molar-refractivity contribution is -0.860. The SMILES string of the molecule is C[NH+](C)C[C@@H](NC(=O)c1ccc2noc(-c3ccccc3)c2c1)c1ccccc1. The second-order valence-corrected chi connectivity index (χ2v) is 7.46. The summed E-state index contributed by atoms with van der Waals surface area (Å²) in [5, 5.41) is 8.15. The van der Waals surface area contributed by atoms with Crippen molar-refractivity contribution in [2.24, 2.45) is 0 Å². The predicted octanol–water partition coefficient (Wildman–Crippen LogP) is 3.11. The van der Waals surface area contributed by atoms with Crippen molar-refractivity contribution in [3.63, 3.8) is 0 Å². The first-order chi connectivity index (χ1) is 14.1. The zero-order valence-corrected chi connectivity index (χ0v) is 16.6. The molecule has 0 saturated carbocycles. The number of hydrogen-bond donors (Lipinski definition) is 2. The standard InChI is InChI=1S/C24H23N3O2/c1-27(2)16-22(17-9-5-3-6-10-17)25-24(28)19-13-14-21-20(15-19)23(29-26-21)18-11-7-4-8-12-18/h3-15,22H,16H2,1-2H3,(H,25,28)/p+1/t22-/m1/s1. The normalized spacial score (nSPS) is 12.2. The minimum absolute atomic E-state index is 0.0690. The molecule has 0 bridgehead atoms. The molecule has 4 aromatic rings. The number of nitrogens with zero attached hydrogens (tertiary/aromatic N) is 1.